The minimum absolute atomic E-state index is 0.0480. The lowest BCUT2D eigenvalue weighted by molar-refractivity contribution is -0.385. The topological polar surface area (TPSA) is 204 Å². The zero-order valence-electron chi connectivity index (χ0n) is 33.2. The molecule has 0 radical (unpaired) electrons. The second kappa shape index (κ2) is 18.1. The Hall–Kier alpha value is -4.32. The van der Waals surface area contributed by atoms with Gasteiger partial charge in [0.2, 0.25) is 0 Å². The Morgan fingerprint density at radius 2 is 1.31 bits per heavy atom. The Labute approximate surface area is 323 Å². The summed E-state index contributed by atoms with van der Waals surface area (Å²) >= 11 is 0. The van der Waals surface area contributed by atoms with Crippen LogP contribution in [0.4, 0.5) is 11.4 Å². The van der Waals surface area contributed by atoms with Crippen LogP contribution >= 0.6 is 0 Å². The molecule has 2 heterocycles. The average molecular weight is 789 g/mol. The molecule has 55 heavy (non-hydrogen) atoms. The lowest BCUT2D eigenvalue weighted by atomic mass is 10.1. The van der Waals surface area contributed by atoms with Crippen molar-refractivity contribution in [2.45, 2.75) is 116 Å². The summed E-state index contributed by atoms with van der Waals surface area (Å²) in [6.45, 7) is 15.0. The number of aryl methyl sites for hydroxylation is 1. The maximum absolute atomic E-state index is 13.8. The zero-order valence-corrected chi connectivity index (χ0v) is 34.2. The van der Waals surface area contributed by atoms with Crippen LogP contribution in [0.15, 0.2) is 24.3 Å². The molecule has 1 unspecified atom stereocenters. The van der Waals surface area contributed by atoms with E-state index < -0.39 is 53.9 Å². The van der Waals surface area contributed by atoms with Crippen molar-refractivity contribution in [1.29, 1.82) is 0 Å². The monoisotopic (exact) mass is 788 g/mol. The molecule has 304 valence electrons. The second-order valence-corrected chi connectivity index (χ2v) is 20.7. The van der Waals surface area contributed by atoms with Gasteiger partial charge in [0.05, 0.1) is 67.2 Å². The van der Waals surface area contributed by atoms with Gasteiger partial charge in [0.15, 0.2) is 19.8 Å². The van der Waals surface area contributed by atoms with Gasteiger partial charge in [0.25, 0.3) is 23.2 Å². The molecule has 0 bridgehead atoms. The van der Waals surface area contributed by atoms with E-state index in [9.17, 15) is 40.0 Å². The summed E-state index contributed by atoms with van der Waals surface area (Å²) in [5, 5.41) is 44.6. The largest absolute Gasteiger partial charge is 0.493 e. The van der Waals surface area contributed by atoms with E-state index in [-0.39, 0.29) is 78.1 Å². The molecule has 0 aliphatic carbocycles. The molecule has 2 aromatic carbocycles. The van der Waals surface area contributed by atoms with Crippen molar-refractivity contribution in [3.05, 3.63) is 61.2 Å². The van der Waals surface area contributed by atoms with Crippen LogP contribution in [0, 0.1) is 27.2 Å². The van der Waals surface area contributed by atoms with Gasteiger partial charge in [0.1, 0.15) is 16.9 Å². The van der Waals surface area contributed by atoms with E-state index in [2.05, 4.69) is 33.9 Å². The Morgan fingerprint density at radius 1 is 0.818 bits per heavy atom. The highest BCUT2D eigenvalue weighted by Crippen LogP contribution is 2.39. The first-order valence-electron chi connectivity index (χ1n) is 18.8. The number of unbranched alkanes of at least 4 members (excludes halogenated alkanes) is 2. The molecule has 16 nitrogen and oxygen atoms in total. The first kappa shape index (κ1) is 43.4. The molecule has 2 aromatic rings. The van der Waals surface area contributed by atoms with Gasteiger partial charge in [-0.2, -0.15) is 0 Å². The fourth-order valence-corrected chi connectivity index (χ4v) is 7.74. The molecule has 2 fully saturated rings. The van der Waals surface area contributed by atoms with E-state index in [1.54, 1.807) is 6.92 Å². The van der Waals surface area contributed by atoms with Gasteiger partial charge < -0.3 is 38.6 Å². The summed E-state index contributed by atoms with van der Waals surface area (Å²) in [6.07, 6.45) is 1.62. The summed E-state index contributed by atoms with van der Waals surface area (Å²) in [4.78, 5) is 52.9. The standard InChI is InChI=1S/C38H56N4O12Si/c1-9-25-16-27(43)21-39(25)37(46)30-18-34(51-6)35(20-32(30)42(49)50)53-14-12-10-11-13-52-33-19-31(41(47)48)29(15-24(33)2)36(45)40-22-28(44)17-26(40)23-54-55(7,8)38(3,4)5/h15,18-20,25-28,43-44H,9-14,16-17,21-23H2,1-8H3/t25-,26+,27?,28-/m1/s1. The number of carbonyl (C=O) groups excluding carboxylic acids is 2. The number of amides is 2. The SMILES string of the molecule is CC[C@@H]1CC(O)CN1C(=O)c1cc(OC)c(OCCCCCOc2cc([N+](=O)[O-])c(C(=O)N3C[C@H](O)C[C@H]3CO[Si](C)(C)C(C)(C)C)cc2C)cc1[N+](=O)[O-]. The zero-order chi connectivity index (χ0) is 40.8. The van der Waals surface area contributed by atoms with Crippen LogP contribution in [0.3, 0.4) is 0 Å². The van der Waals surface area contributed by atoms with Crippen molar-refractivity contribution < 1.29 is 48.3 Å². The highest BCUT2D eigenvalue weighted by Gasteiger charge is 2.42. The highest BCUT2D eigenvalue weighted by atomic mass is 28.4. The molecule has 2 saturated heterocycles. The average Bonchev–Trinajstić information content (AvgIpc) is 3.70. The molecule has 0 aromatic heterocycles. The number of hydrogen-bond acceptors (Lipinski definition) is 12. The van der Waals surface area contributed by atoms with Gasteiger partial charge in [-0.3, -0.25) is 29.8 Å². The van der Waals surface area contributed by atoms with Crippen molar-refractivity contribution >= 4 is 31.5 Å². The van der Waals surface area contributed by atoms with Crippen molar-refractivity contribution in [1.82, 2.24) is 9.80 Å². The third kappa shape index (κ3) is 10.3. The van der Waals surface area contributed by atoms with Gasteiger partial charge >= 0.3 is 0 Å². The molecule has 2 aliphatic heterocycles. The van der Waals surface area contributed by atoms with E-state index in [1.165, 1.54) is 41.2 Å². The van der Waals surface area contributed by atoms with Gasteiger partial charge in [-0.15, -0.1) is 0 Å². The van der Waals surface area contributed by atoms with E-state index in [4.69, 9.17) is 18.6 Å². The minimum atomic E-state index is -2.14. The van der Waals surface area contributed by atoms with Crippen LogP contribution in [0.25, 0.3) is 0 Å². The number of hydrogen-bond donors (Lipinski definition) is 2. The lowest BCUT2D eigenvalue weighted by Crippen LogP contribution is -2.46. The molecular weight excluding hydrogens is 733 g/mol. The highest BCUT2D eigenvalue weighted by molar-refractivity contribution is 6.74. The molecule has 2 N–H and O–H groups in total. The van der Waals surface area contributed by atoms with Crippen molar-refractivity contribution in [3.8, 4) is 17.2 Å². The fraction of sp³-hybridized carbons (Fsp3) is 0.632. The van der Waals surface area contributed by atoms with Gasteiger partial charge in [0, 0.05) is 25.2 Å². The molecular formula is C38H56N4O12Si. The molecule has 2 amide bonds. The number of likely N-dealkylation sites (tertiary alicyclic amines) is 2. The first-order chi connectivity index (χ1) is 25.8. The summed E-state index contributed by atoms with van der Waals surface area (Å²) in [5.74, 6) is -0.531. The van der Waals surface area contributed by atoms with Crippen LogP contribution < -0.4 is 14.2 Å². The van der Waals surface area contributed by atoms with E-state index in [0.717, 1.165) is 0 Å². The number of ether oxygens (including phenoxy) is 3. The Balaban J connectivity index is 1.34. The maximum atomic E-state index is 13.8. The first-order valence-corrected chi connectivity index (χ1v) is 21.7. The fourth-order valence-electron chi connectivity index (χ4n) is 6.70. The molecule has 0 saturated carbocycles. The molecule has 2 aliphatic rings. The Morgan fingerprint density at radius 3 is 1.82 bits per heavy atom. The number of methoxy groups -OCH3 is 1. The maximum Gasteiger partial charge on any atom is 0.286 e. The van der Waals surface area contributed by atoms with Crippen molar-refractivity contribution in [3.63, 3.8) is 0 Å². The third-order valence-corrected chi connectivity index (χ3v) is 15.5. The molecule has 4 atom stereocenters. The normalized spacial score (nSPS) is 20.1. The van der Waals surface area contributed by atoms with Gasteiger partial charge in [-0.25, -0.2) is 0 Å². The van der Waals surface area contributed by atoms with E-state index in [1.807, 2.05) is 6.92 Å². The molecule has 17 heteroatoms. The van der Waals surface area contributed by atoms with Gasteiger partial charge in [-0.1, -0.05) is 27.7 Å². The number of nitrogens with zero attached hydrogens (tertiary/aromatic N) is 4. The number of nitro groups is 2. The number of carbonyl (C=O) groups is 2. The predicted octanol–water partition coefficient (Wildman–Crippen LogP) is 6.03. The number of nitro benzene ring substituents is 2. The second-order valence-electron chi connectivity index (χ2n) is 15.9. The van der Waals surface area contributed by atoms with Crippen molar-refractivity contribution in [2.24, 2.45) is 0 Å². The number of aliphatic hydroxyl groups is 2. The quantitative estimate of drug-likeness (QED) is 0.0816. The minimum Gasteiger partial charge on any atom is -0.493 e. The van der Waals surface area contributed by atoms with Crippen LogP contribution in [-0.2, 0) is 4.43 Å². The summed E-state index contributed by atoms with van der Waals surface area (Å²) in [5.41, 5.74) is -0.476. The number of benzene rings is 2. The van der Waals surface area contributed by atoms with E-state index >= 15 is 0 Å². The lowest BCUT2D eigenvalue weighted by Gasteiger charge is -2.38. The number of aliphatic hydroxyl groups excluding tert-OH is 2. The predicted molar refractivity (Wildman–Crippen MR) is 207 cm³/mol. The Kier molecular flexibility index (Phi) is 14.3. The summed E-state index contributed by atoms with van der Waals surface area (Å²) in [6, 6.07) is 4.57. The van der Waals surface area contributed by atoms with Gasteiger partial charge in [-0.05, 0) is 75.2 Å². The van der Waals surface area contributed by atoms with Crippen LogP contribution in [0.5, 0.6) is 17.2 Å². The Bertz CT molecular complexity index is 1730. The number of rotatable bonds is 17. The molecule has 0 spiro atoms. The molecule has 4 rings (SSSR count). The van der Waals surface area contributed by atoms with E-state index in [0.29, 0.717) is 44.1 Å². The number of β-amino-alcohol motifs (C(OH)–C–C–N with tert-alkyl or cyclic N) is 2. The summed E-state index contributed by atoms with van der Waals surface area (Å²) in [7, 11) is -0.766. The smallest absolute Gasteiger partial charge is 0.286 e. The van der Waals surface area contributed by atoms with Crippen LogP contribution in [-0.4, -0.2) is 114 Å². The summed E-state index contributed by atoms with van der Waals surface area (Å²) < 4.78 is 23.5. The third-order valence-electron chi connectivity index (χ3n) is 11.0. The van der Waals surface area contributed by atoms with Crippen LogP contribution in [0.2, 0.25) is 18.1 Å². The van der Waals surface area contributed by atoms with Crippen molar-refractivity contribution in [2.75, 3.05) is 40.0 Å². The van der Waals surface area contributed by atoms with Crippen LogP contribution in [0.1, 0.15) is 92.5 Å².